The number of nitrogens with zero attached hydrogens (tertiary/aromatic N) is 3. The first kappa shape index (κ1) is 13.7. The van der Waals surface area contributed by atoms with Crippen molar-refractivity contribution in [3.8, 4) is 0 Å². The number of hydrogen-bond acceptors (Lipinski definition) is 3. The Bertz CT molecular complexity index is 672. The van der Waals surface area contributed by atoms with Gasteiger partial charge in [0.15, 0.2) is 0 Å². The fourth-order valence-corrected chi connectivity index (χ4v) is 2.31. The number of pyridine rings is 1. The van der Waals surface area contributed by atoms with Crippen LogP contribution in [0.25, 0.3) is 0 Å². The molecule has 0 fully saturated rings. The minimum Gasteiger partial charge on any atom is -0.397 e. The van der Waals surface area contributed by atoms with Crippen molar-refractivity contribution in [3.63, 3.8) is 0 Å². The lowest BCUT2D eigenvalue weighted by atomic mass is 10.2. The summed E-state index contributed by atoms with van der Waals surface area (Å²) in [5.74, 6) is 0. The highest BCUT2D eigenvalue weighted by atomic mass is 35.5. The van der Waals surface area contributed by atoms with Crippen molar-refractivity contribution < 1.29 is 0 Å². The van der Waals surface area contributed by atoms with Crippen LogP contribution in [0.15, 0.2) is 17.1 Å². The van der Waals surface area contributed by atoms with Gasteiger partial charge in [-0.2, -0.15) is 5.10 Å². The lowest BCUT2D eigenvalue weighted by Gasteiger charge is -2.09. The van der Waals surface area contributed by atoms with Crippen molar-refractivity contribution in [2.45, 2.75) is 26.8 Å². The summed E-state index contributed by atoms with van der Waals surface area (Å²) in [6, 6.07) is 1.53. The van der Waals surface area contributed by atoms with Crippen molar-refractivity contribution in [1.82, 2.24) is 14.3 Å². The van der Waals surface area contributed by atoms with Gasteiger partial charge < -0.3 is 10.3 Å². The standard InChI is InChI=1S/C13H17ClN4O/c1-4-10-13(14)11(17(3)16-10)7-18-6-9(15)8(2)5-12(18)19/h5-6H,4,7,15H2,1-3H3. The number of aryl methyl sites for hydroxylation is 3. The average Bonchev–Trinajstić information content (AvgIpc) is 2.63. The predicted octanol–water partition coefficient (Wildman–Crippen LogP) is 1.74. The van der Waals surface area contributed by atoms with Gasteiger partial charge in [-0.05, 0) is 18.9 Å². The Morgan fingerprint density at radius 2 is 2.16 bits per heavy atom. The van der Waals surface area contributed by atoms with Gasteiger partial charge in [0.2, 0.25) is 0 Å². The Hall–Kier alpha value is -1.75. The maximum absolute atomic E-state index is 11.9. The molecular formula is C13H17ClN4O. The molecule has 0 aliphatic carbocycles. The smallest absolute Gasteiger partial charge is 0.251 e. The molecule has 2 rings (SSSR count). The second-order valence-corrected chi connectivity index (χ2v) is 4.94. The third-order valence-electron chi connectivity index (χ3n) is 3.20. The Labute approximate surface area is 116 Å². The van der Waals surface area contributed by atoms with Crippen LogP contribution in [0.2, 0.25) is 5.02 Å². The zero-order valence-electron chi connectivity index (χ0n) is 11.3. The maximum Gasteiger partial charge on any atom is 0.251 e. The van der Waals surface area contributed by atoms with Crippen molar-refractivity contribution in [3.05, 3.63) is 44.6 Å². The normalized spacial score (nSPS) is 10.9. The fraction of sp³-hybridized carbons (Fsp3) is 0.385. The van der Waals surface area contributed by atoms with Crippen molar-refractivity contribution in [1.29, 1.82) is 0 Å². The SMILES string of the molecule is CCc1nn(C)c(Cn2cc(N)c(C)cc2=O)c1Cl. The number of aromatic nitrogens is 3. The van der Waals surface area contributed by atoms with Gasteiger partial charge in [-0.3, -0.25) is 9.48 Å². The topological polar surface area (TPSA) is 65.8 Å². The summed E-state index contributed by atoms with van der Waals surface area (Å²) in [6.07, 6.45) is 2.41. The second kappa shape index (κ2) is 5.09. The summed E-state index contributed by atoms with van der Waals surface area (Å²) in [6.45, 7) is 4.17. The first-order valence-corrected chi connectivity index (χ1v) is 6.48. The fourth-order valence-electron chi connectivity index (χ4n) is 1.96. The van der Waals surface area contributed by atoms with E-state index in [4.69, 9.17) is 17.3 Å². The molecule has 0 saturated heterocycles. The number of rotatable bonds is 3. The zero-order valence-corrected chi connectivity index (χ0v) is 12.0. The van der Waals surface area contributed by atoms with Crippen molar-refractivity contribution >= 4 is 17.3 Å². The van der Waals surface area contributed by atoms with E-state index in [1.807, 2.05) is 20.9 Å². The molecule has 2 aromatic rings. The average molecular weight is 281 g/mol. The Kier molecular flexibility index (Phi) is 3.66. The van der Waals surface area contributed by atoms with Crippen molar-refractivity contribution in [2.24, 2.45) is 7.05 Å². The van der Waals surface area contributed by atoms with Gasteiger partial charge in [-0.25, -0.2) is 0 Å². The molecule has 102 valence electrons. The maximum atomic E-state index is 11.9. The van der Waals surface area contributed by atoms with E-state index in [0.29, 0.717) is 17.3 Å². The summed E-state index contributed by atoms with van der Waals surface area (Å²) >= 11 is 6.27. The van der Waals surface area contributed by atoms with Crippen LogP contribution in [-0.4, -0.2) is 14.3 Å². The van der Waals surface area contributed by atoms with E-state index in [2.05, 4.69) is 5.10 Å². The third kappa shape index (κ3) is 2.51. The zero-order chi connectivity index (χ0) is 14.2. The number of halogens is 1. The first-order valence-electron chi connectivity index (χ1n) is 6.10. The quantitative estimate of drug-likeness (QED) is 0.931. The molecule has 2 N–H and O–H groups in total. The Morgan fingerprint density at radius 3 is 2.74 bits per heavy atom. The van der Waals surface area contributed by atoms with E-state index in [-0.39, 0.29) is 5.56 Å². The number of hydrogen-bond donors (Lipinski definition) is 1. The molecule has 6 heteroatoms. The summed E-state index contributed by atoms with van der Waals surface area (Å²) in [7, 11) is 1.82. The molecule has 0 aliphatic rings. The van der Waals surface area contributed by atoms with E-state index in [9.17, 15) is 4.79 Å². The number of nitrogen functional groups attached to an aromatic ring is 1. The molecule has 0 spiro atoms. The minimum absolute atomic E-state index is 0.0954. The highest BCUT2D eigenvalue weighted by Crippen LogP contribution is 2.21. The molecule has 2 aromatic heterocycles. The summed E-state index contributed by atoms with van der Waals surface area (Å²) < 4.78 is 3.26. The van der Waals surface area contributed by atoms with Crippen LogP contribution in [0.1, 0.15) is 23.9 Å². The van der Waals surface area contributed by atoms with E-state index in [1.54, 1.807) is 15.4 Å². The van der Waals surface area contributed by atoms with Crippen LogP contribution in [0.3, 0.4) is 0 Å². The van der Waals surface area contributed by atoms with Gasteiger partial charge in [0.1, 0.15) is 0 Å². The molecule has 0 unspecified atom stereocenters. The van der Waals surface area contributed by atoms with Gasteiger partial charge in [-0.15, -0.1) is 0 Å². The molecule has 0 atom stereocenters. The van der Waals surface area contributed by atoms with Gasteiger partial charge in [0, 0.05) is 19.3 Å². The molecule has 0 aliphatic heterocycles. The molecule has 0 amide bonds. The van der Waals surface area contributed by atoms with E-state index in [0.717, 1.165) is 23.4 Å². The van der Waals surface area contributed by atoms with Gasteiger partial charge in [-0.1, -0.05) is 18.5 Å². The van der Waals surface area contributed by atoms with Crippen LogP contribution in [0, 0.1) is 6.92 Å². The molecular weight excluding hydrogens is 264 g/mol. The van der Waals surface area contributed by atoms with E-state index in [1.165, 1.54) is 6.07 Å². The summed E-state index contributed by atoms with van der Waals surface area (Å²) in [4.78, 5) is 11.9. The monoisotopic (exact) mass is 280 g/mol. The third-order valence-corrected chi connectivity index (χ3v) is 3.63. The number of anilines is 1. The van der Waals surface area contributed by atoms with Crippen LogP contribution in [0.5, 0.6) is 0 Å². The number of nitrogens with two attached hydrogens (primary N) is 1. The van der Waals surface area contributed by atoms with Gasteiger partial charge >= 0.3 is 0 Å². The largest absolute Gasteiger partial charge is 0.397 e. The lowest BCUT2D eigenvalue weighted by molar-refractivity contribution is 0.649. The van der Waals surface area contributed by atoms with Gasteiger partial charge in [0.25, 0.3) is 5.56 Å². The second-order valence-electron chi connectivity index (χ2n) is 4.56. The van der Waals surface area contributed by atoms with Crippen LogP contribution >= 0.6 is 11.6 Å². The van der Waals surface area contributed by atoms with Crippen molar-refractivity contribution in [2.75, 3.05) is 5.73 Å². The molecule has 19 heavy (non-hydrogen) atoms. The van der Waals surface area contributed by atoms with Crippen LogP contribution in [0.4, 0.5) is 5.69 Å². The Balaban J connectivity index is 2.45. The van der Waals surface area contributed by atoms with Crippen LogP contribution < -0.4 is 11.3 Å². The molecule has 0 saturated carbocycles. The van der Waals surface area contributed by atoms with Gasteiger partial charge in [0.05, 0.1) is 28.6 Å². The summed E-state index contributed by atoms with van der Waals surface area (Å²) in [5, 5.41) is 4.95. The van der Waals surface area contributed by atoms with Crippen LogP contribution in [-0.2, 0) is 20.0 Å². The molecule has 0 radical (unpaired) electrons. The van der Waals surface area contributed by atoms with E-state index >= 15 is 0 Å². The lowest BCUT2D eigenvalue weighted by Crippen LogP contribution is -2.22. The molecule has 0 bridgehead atoms. The predicted molar refractivity (Wildman–Crippen MR) is 76.5 cm³/mol. The molecule has 2 heterocycles. The highest BCUT2D eigenvalue weighted by Gasteiger charge is 2.14. The first-order chi connectivity index (χ1) is 8.93. The highest BCUT2D eigenvalue weighted by molar-refractivity contribution is 6.31. The summed E-state index contributed by atoms with van der Waals surface area (Å²) in [5.41, 5.74) is 8.76. The molecule has 0 aromatic carbocycles. The van der Waals surface area contributed by atoms with E-state index < -0.39 is 0 Å². The minimum atomic E-state index is -0.0954. The molecule has 5 nitrogen and oxygen atoms in total. The Morgan fingerprint density at radius 1 is 1.47 bits per heavy atom.